The standard InChI is InChI=1S/C12H8F2N2O3/c13-7-4-6(12(18)19)10(5-8(7)14)16-11(17)9-2-1-3-15-9/h1-5,15H,(H,16,17)(H,18,19). The summed E-state index contributed by atoms with van der Waals surface area (Å²) in [5.41, 5.74) is -0.675. The molecule has 1 heterocycles. The van der Waals surface area contributed by atoms with Crippen molar-refractivity contribution in [2.45, 2.75) is 0 Å². The first-order chi connectivity index (χ1) is 8.99. The lowest BCUT2D eigenvalue weighted by molar-refractivity contribution is 0.0697. The molecule has 1 amide bonds. The molecule has 98 valence electrons. The molecule has 3 N–H and O–H groups in total. The van der Waals surface area contributed by atoms with Crippen LogP contribution in [0.25, 0.3) is 0 Å². The zero-order valence-electron chi connectivity index (χ0n) is 9.41. The summed E-state index contributed by atoms with van der Waals surface area (Å²) < 4.78 is 26.1. The van der Waals surface area contributed by atoms with E-state index in [1.54, 1.807) is 6.07 Å². The Morgan fingerprint density at radius 3 is 2.47 bits per heavy atom. The second-order valence-corrected chi connectivity index (χ2v) is 3.65. The van der Waals surface area contributed by atoms with E-state index in [9.17, 15) is 18.4 Å². The fraction of sp³-hybridized carbons (Fsp3) is 0. The van der Waals surface area contributed by atoms with Gasteiger partial charge >= 0.3 is 5.97 Å². The van der Waals surface area contributed by atoms with Crippen LogP contribution in [0.5, 0.6) is 0 Å². The molecule has 19 heavy (non-hydrogen) atoms. The van der Waals surface area contributed by atoms with Crippen molar-refractivity contribution in [1.82, 2.24) is 4.98 Å². The molecule has 0 spiro atoms. The van der Waals surface area contributed by atoms with Crippen molar-refractivity contribution >= 4 is 17.6 Å². The number of amides is 1. The number of hydrogen-bond acceptors (Lipinski definition) is 2. The third-order valence-electron chi connectivity index (χ3n) is 2.38. The average molecular weight is 266 g/mol. The van der Waals surface area contributed by atoms with Crippen molar-refractivity contribution in [1.29, 1.82) is 0 Å². The number of aromatic nitrogens is 1. The van der Waals surface area contributed by atoms with Crippen molar-refractivity contribution in [2.24, 2.45) is 0 Å². The number of nitrogens with one attached hydrogen (secondary N) is 2. The number of carbonyl (C=O) groups excluding carboxylic acids is 1. The van der Waals surface area contributed by atoms with E-state index in [-0.39, 0.29) is 11.4 Å². The van der Waals surface area contributed by atoms with Gasteiger partial charge in [-0.2, -0.15) is 0 Å². The van der Waals surface area contributed by atoms with Gasteiger partial charge in [-0.25, -0.2) is 13.6 Å². The molecule has 0 unspecified atom stereocenters. The fourth-order valence-electron chi connectivity index (χ4n) is 1.49. The summed E-state index contributed by atoms with van der Waals surface area (Å²) in [5, 5.41) is 11.1. The molecule has 2 aromatic rings. The summed E-state index contributed by atoms with van der Waals surface area (Å²) in [7, 11) is 0. The number of aromatic carboxylic acids is 1. The minimum Gasteiger partial charge on any atom is -0.478 e. The number of carbonyl (C=O) groups is 2. The van der Waals surface area contributed by atoms with Crippen LogP contribution < -0.4 is 5.32 Å². The lowest BCUT2D eigenvalue weighted by Crippen LogP contribution is -2.15. The molecule has 5 nitrogen and oxygen atoms in total. The van der Waals surface area contributed by atoms with Gasteiger partial charge in [-0.1, -0.05) is 0 Å². The number of hydrogen-bond donors (Lipinski definition) is 3. The van der Waals surface area contributed by atoms with Gasteiger partial charge in [0, 0.05) is 12.3 Å². The lowest BCUT2D eigenvalue weighted by atomic mass is 10.1. The maximum atomic E-state index is 13.1. The van der Waals surface area contributed by atoms with Crippen LogP contribution in [0.2, 0.25) is 0 Å². The molecular formula is C12H8F2N2O3. The van der Waals surface area contributed by atoms with E-state index in [1.807, 2.05) is 0 Å². The van der Waals surface area contributed by atoms with Gasteiger partial charge < -0.3 is 15.4 Å². The summed E-state index contributed by atoms with van der Waals surface area (Å²) in [5.74, 6) is -4.67. The first-order valence-electron chi connectivity index (χ1n) is 5.16. The number of aromatic amines is 1. The minimum absolute atomic E-state index is 0.168. The Balaban J connectivity index is 2.36. The van der Waals surface area contributed by atoms with Crippen molar-refractivity contribution in [3.63, 3.8) is 0 Å². The van der Waals surface area contributed by atoms with Gasteiger partial charge in [0.05, 0.1) is 11.3 Å². The van der Waals surface area contributed by atoms with Crippen LogP contribution in [0, 0.1) is 11.6 Å². The largest absolute Gasteiger partial charge is 0.478 e. The van der Waals surface area contributed by atoms with Gasteiger partial charge in [0.15, 0.2) is 11.6 Å². The highest BCUT2D eigenvalue weighted by Crippen LogP contribution is 2.20. The second kappa shape index (κ2) is 4.89. The number of halogens is 2. The summed E-state index contributed by atoms with van der Waals surface area (Å²) in [4.78, 5) is 25.2. The Labute approximate surface area is 105 Å². The molecule has 2 rings (SSSR count). The number of anilines is 1. The lowest BCUT2D eigenvalue weighted by Gasteiger charge is -2.08. The molecule has 7 heteroatoms. The third-order valence-corrected chi connectivity index (χ3v) is 2.38. The number of carboxylic acid groups (broad SMARTS) is 1. The van der Waals surface area contributed by atoms with E-state index in [1.165, 1.54) is 12.3 Å². The SMILES string of the molecule is O=C(Nc1cc(F)c(F)cc1C(=O)O)c1ccc[nH]1. The highest BCUT2D eigenvalue weighted by molar-refractivity contribution is 6.06. The monoisotopic (exact) mass is 266 g/mol. The molecule has 1 aromatic heterocycles. The molecule has 0 atom stereocenters. The summed E-state index contributed by atoms with van der Waals surface area (Å²) in [6.07, 6.45) is 1.50. The van der Waals surface area contributed by atoms with Gasteiger partial charge in [-0.05, 0) is 18.2 Å². The first kappa shape index (κ1) is 12.7. The third kappa shape index (κ3) is 2.59. The highest BCUT2D eigenvalue weighted by Gasteiger charge is 2.17. The molecule has 0 saturated heterocycles. The Morgan fingerprint density at radius 2 is 1.89 bits per heavy atom. The van der Waals surface area contributed by atoms with Crippen molar-refractivity contribution < 1.29 is 23.5 Å². The Bertz CT molecular complexity index is 639. The Morgan fingerprint density at radius 1 is 1.21 bits per heavy atom. The van der Waals surface area contributed by atoms with Gasteiger partial charge in [0.2, 0.25) is 0 Å². The maximum absolute atomic E-state index is 13.1. The Hall–Kier alpha value is -2.70. The minimum atomic E-state index is -1.47. The van der Waals surface area contributed by atoms with Gasteiger partial charge in [-0.3, -0.25) is 4.79 Å². The van der Waals surface area contributed by atoms with Gasteiger partial charge in [0.1, 0.15) is 5.69 Å². The van der Waals surface area contributed by atoms with Crippen LogP contribution in [0.1, 0.15) is 20.8 Å². The zero-order valence-corrected chi connectivity index (χ0v) is 9.41. The molecule has 0 aliphatic heterocycles. The number of benzene rings is 1. The van der Waals surface area contributed by atoms with Crippen molar-refractivity contribution in [3.05, 3.63) is 53.4 Å². The Kier molecular flexibility index (Phi) is 3.28. The van der Waals surface area contributed by atoms with Gasteiger partial charge in [0.25, 0.3) is 5.91 Å². The number of H-pyrrole nitrogens is 1. The van der Waals surface area contributed by atoms with E-state index >= 15 is 0 Å². The molecule has 0 bridgehead atoms. The molecule has 1 aromatic carbocycles. The molecule has 0 saturated carbocycles. The maximum Gasteiger partial charge on any atom is 0.337 e. The molecular weight excluding hydrogens is 258 g/mol. The highest BCUT2D eigenvalue weighted by atomic mass is 19.2. The molecule has 0 aliphatic carbocycles. The van der Waals surface area contributed by atoms with E-state index in [0.29, 0.717) is 12.1 Å². The first-order valence-corrected chi connectivity index (χ1v) is 5.16. The quantitative estimate of drug-likeness (QED) is 0.796. The smallest absolute Gasteiger partial charge is 0.337 e. The van der Waals surface area contributed by atoms with E-state index < -0.39 is 29.1 Å². The summed E-state index contributed by atoms with van der Waals surface area (Å²) in [6.45, 7) is 0. The van der Waals surface area contributed by atoms with E-state index in [0.717, 1.165) is 0 Å². The second-order valence-electron chi connectivity index (χ2n) is 3.65. The average Bonchev–Trinajstić information content (AvgIpc) is 2.86. The van der Waals surface area contributed by atoms with Crippen molar-refractivity contribution in [2.75, 3.05) is 5.32 Å². The topological polar surface area (TPSA) is 82.2 Å². The molecule has 0 radical (unpaired) electrons. The van der Waals surface area contributed by atoms with Crippen LogP contribution in [-0.2, 0) is 0 Å². The normalized spacial score (nSPS) is 10.2. The predicted molar refractivity (Wildman–Crippen MR) is 62.1 cm³/mol. The van der Waals surface area contributed by atoms with Crippen LogP contribution in [0.3, 0.4) is 0 Å². The van der Waals surface area contributed by atoms with E-state index in [2.05, 4.69) is 10.3 Å². The van der Waals surface area contributed by atoms with Crippen LogP contribution in [-0.4, -0.2) is 22.0 Å². The summed E-state index contributed by atoms with van der Waals surface area (Å²) >= 11 is 0. The zero-order chi connectivity index (χ0) is 14.0. The van der Waals surface area contributed by atoms with Crippen LogP contribution in [0.15, 0.2) is 30.5 Å². The molecule has 0 fully saturated rings. The molecule has 0 aliphatic rings. The fourth-order valence-corrected chi connectivity index (χ4v) is 1.49. The van der Waals surface area contributed by atoms with E-state index in [4.69, 9.17) is 5.11 Å². The number of rotatable bonds is 3. The van der Waals surface area contributed by atoms with Crippen molar-refractivity contribution in [3.8, 4) is 0 Å². The van der Waals surface area contributed by atoms with Crippen LogP contribution >= 0.6 is 0 Å². The predicted octanol–water partition coefficient (Wildman–Crippen LogP) is 2.24. The number of carboxylic acids is 1. The van der Waals surface area contributed by atoms with Crippen LogP contribution in [0.4, 0.5) is 14.5 Å². The summed E-state index contributed by atoms with van der Waals surface area (Å²) in [6, 6.07) is 4.16. The van der Waals surface area contributed by atoms with Gasteiger partial charge in [-0.15, -0.1) is 0 Å².